The van der Waals surface area contributed by atoms with Crippen LogP contribution in [0.2, 0.25) is 0 Å². The highest BCUT2D eigenvalue weighted by Crippen LogP contribution is 2.20. The molecule has 0 rings (SSSR count). The molecule has 6 heteroatoms. The van der Waals surface area contributed by atoms with E-state index in [0.717, 1.165) is 38.5 Å². The predicted molar refractivity (Wildman–Crippen MR) is 312 cm³/mol. The zero-order valence-electron chi connectivity index (χ0n) is 48.5. The number of hydrogen-bond donors (Lipinski definition) is 5. The molecule has 71 heavy (non-hydrogen) atoms. The molecule has 0 aromatic heterocycles. The standard InChI is InChI=1S/C65H131NO5/c1-3-5-7-9-11-13-15-17-19-21-23-24-25-26-27-28-29-30-31-32-33-34-35-36-37-38-39-41-43-45-47-49-51-53-55-57-59-63(69)65(71)66-61(60-67)64(70)62(68)58-56-54-52-50-48-46-44-42-40-22-20-18-16-14-12-10-8-6-4-2/h61-64,67-70H,3-60H2,1-2H3,(H,66,71). The van der Waals surface area contributed by atoms with Crippen molar-refractivity contribution >= 4 is 5.91 Å². The van der Waals surface area contributed by atoms with E-state index in [-0.39, 0.29) is 0 Å². The van der Waals surface area contributed by atoms with Gasteiger partial charge in [-0.15, -0.1) is 0 Å². The number of aliphatic hydroxyl groups excluding tert-OH is 4. The molecule has 4 unspecified atom stereocenters. The van der Waals surface area contributed by atoms with Gasteiger partial charge in [0, 0.05) is 0 Å². The van der Waals surface area contributed by atoms with Crippen LogP contribution in [-0.2, 0) is 4.79 Å². The number of carbonyl (C=O) groups is 1. The summed E-state index contributed by atoms with van der Waals surface area (Å²) in [4.78, 5) is 12.6. The molecule has 0 heterocycles. The van der Waals surface area contributed by atoms with Gasteiger partial charge < -0.3 is 25.7 Å². The second-order valence-corrected chi connectivity index (χ2v) is 23.2. The molecule has 0 aromatic carbocycles. The summed E-state index contributed by atoms with van der Waals surface area (Å²) >= 11 is 0. The zero-order chi connectivity index (χ0) is 51.6. The van der Waals surface area contributed by atoms with E-state index in [1.54, 1.807) is 0 Å². The topological polar surface area (TPSA) is 110 Å². The van der Waals surface area contributed by atoms with Crippen LogP contribution in [0.3, 0.4) is 0 Å². The Morgan fingerprint density at radius 3 is 0.676 bits per heavy atom. The van der Waals surface area contributed by atoms with Crippen LogP contribution >= 0.6 is 0 Å². The second-order valence-electron chi connectivity index (χ2n) is 23.2. The summed E-state index contributed by atoms with van der Waals surface area (Å²) in [6.07, 6.45) is 72.2. The summed E-state index contributed by atoms with van der Waals surface area (Å²) < 4.78 is 0. The summed E-state index contributed by atoms with van der Waals surface area (Å²) in [6.45, 7) is 4.11. The summed E-state index contributed by atoms with van der Waals surface area (Å²) in [5.41, 5.74) is 0. The lowest BCUT2D eigenvalue weighted by atomic mass is 9.99. The first kappa shape index (κ1) is 70.3. The normalized spacial score (nSPS) is 13.5. The first-order chi connectivity index (χ1) is 35.0. The van der Waals surface area contributed by atoms with Crippen molar-refractivity contribution in [3.63, 3.8) is 0 Å². The molecular weight excluding hydrogens is 875 g/mol. The van der Waals surface area contributed by atoms with Crippen molar-refractivity contribution in [2.45, 2.75) is 404 Å². The third-order valence-electron chi connectivity index (χ3n) is 16.1. The largest absolute Gasteiger partial charge is 0.394 e. The second kappa shape index (κ2) is 60.2. The lowest BCUT2D eigenvalue weighted by Gasteiger charge is -2.27. The molecular formula is C65H131NO5. The maximum Gasteiger partial charge on any atom is 0.249 e. The maximum absolute atomic E-state index is 12.6. The third-order valence-corrected chi connectivity index (χ3v) is 16.1. The Hall–Kier alpha value is -0.690. The Labute approximate surface area is 445 Å². The fourth-order valence-electron chi connectivity index (χ4n) is 10.9. The van der Waals surface area contributed by atoms with Gasteiger partial charge in [0.2, 0.25) is 5.91 Å². The van der Waals surface area contributed by atoms with E-state index in [2.05, 4.69) is 19.2 Å². The number of rotatable bonds is 62. The first-order valence-corrected chi connectivity index (χ1v) is 32.9. The minimum absolute atomic E-state index is 0.377. The molecule has 0 radical (unpaired) electrons. The Bertz CT molecular complexity index is 995. The summed E-state index contributed by atoms with van der Waals surface area (Å²) in [5, 5.41) is 44.1. The summed E-state index contributed by atoms with van der Waals surface area (Å²) in [7, 11) is 0. The van der Waals surface area contributed by atoms with Crippen molar-refractivity contribution in [1.29, 1.82) is 0 Å². The van der Waals surface area contributed by atoms with Crippen molar-refractivity contribution in [1.82, 2.24) is 5.32 Å². The van der Waals surface area contributed by atoms with Gasteiger partial charge in [-0.1, -0.05) is 367 Å². The van der Waals surface area contributed by atoms with Gasteiger partial charge in [0.1, 0.15) is 12.2 Å². The predicted octanol–water partition coefficient (Wildman–Crippen LogP) is 19.8. The highest BCUT2D eigenvalue weighted by atomic mass is 16.3. The van der Waals surface area contributed by atoms with Gasteiger partial charge in [0.25, 0.3) is 0 Å². The molecule has 0 saturated heterocycles. The number of nitrogens with one attached hydrogen (secondary N) is 1. The van der Waals surface area contributed by atoms with E-state index in [1.165, 1.54) is 315 Å². The van der Waals surface area contributed by atoms with Crippen LogP contribution in [0.25, 0.3) is 0 Å². The third kappa shape index (κ3) is 53.9. The van der Waals surface area contributed by atoms with Crippen LogP contribution in [-0.4, -0.2) is 57.3 Å². The van der Waals surface area contributed by atoms with Gasteiger partial charge in [0.15, 0.2) is 0 Å². The lowest BCUT2D eigenvalue weighted by molar-refractivity contribution is -0.132. The van der Waals surface area contributed by atoms with Gasteiger partial charge in [-0.05, 0) is 12.8 Å². The minimum atomic E-state index is -1.26. The van der Waals surface area contributed by atoms with E-state index in [4.69, 9.17) is 0 Å². The number of unbranched alkanes of at least 4 members (excludes halogenated alkanes) is 53. The van der Waals surface area contributed by atoms with Gasteiger partial charge in [0.05, 0.1) is 18.8 Å². The molecule has 4 atom stereocenters. The number of amides is 1. The Morgan fingerprint density at radius 1 is 0.296 bits per heavy atom. The minimum Gasteiger partial charge on any atom is -0.394 e. The van der Waals surface area contributed by atoms with Crippen molar-refractivity contribution in [2.75, 3.05) is 6.61 Å². The molecule has 0 aromatic rings. The zero-order valence-corrected chi connectivity index (χ0v) is 48.5. The maximum atomic E-state index is 12.6. The molecule has 0 aliphatic carbocycles. The molecule has 6 nitrogen and oxygen atoms in total. The van der Waals surface area contributed by atoms with Crippen molar-refractivity contribution in [3.05, 3.63) is 0 Å². The Kier molecular flexibility index (Phi) is 59.6. The highest BCUT2D eigenvalue weighted by Gasteiger charge is 2.28. The van der Waals surface area contributed by atoms with Crippen LogP contribution in [0.5, 0.6) is 0 Å². The van der Waals surface area contributed by atoms with E-state index in [9.17, 15) is 25.2 Å². The molecule has 0 fully saturated rings. The molecule has 1 amide bonds. The van der Waals surface area contributed by atoms with Crippen LogP contribution in [0.4, 0.5) is 0 Å². The van der Waals surface area contributed by atoms with Crippen LogP contribution in [0.15, 0.2) is 0 Å². The summed E-state index contributed by atoms with van der Waals surface area (Å²) in [5.74, 6) is -0.574. The molecule has 0 saturated carbocycles. The van der Waals surface area contributed by atoms with Crippen molar-refractivity contribution in [2.24, 2.45) is 0 Å². The Balaban J connectivity index is 3.48. The van der Waals surface area contributed by atoms with Crippen LogP contribution in [0, 0.1) is 0 Å². The average Bonchev–Trinajstić information content (AvgIpc) is 3.38. The molecule has 0 bridgehead atoms. The van der Waals surface area contributed by atoms with E-state index in [0.29, 0.717) is 12.8 Å². The van der Waals surface area contributed by atoms with Crippen molar-refractivity contribution in [3.8, 4) is 0 Å². The smallest absolute Gasteiger partial charge is 0.249 e. The fourth-order valence-corrected chi connectivity index (χ4v) is 10.9. The van der Waals surface area contributed by atoms with Gasteiger partial charge in [-0.2, -0.15) is 0 Å². The fraction of sp³-hybridized carbons (Fsp3) is 0.985. The molecule has 426 valence electrons. The highest BCUT2D eigenvalue weighted by molar-refractivity contribution is 5.80. The lowest BCUT2D eigenvalue weighted by Crippen LogP contribution is -2.53. The van der Waals surface area contributed by atoms with Gasteiger partial charge >= 0.3 is 0 Å². The van der Waals surface area contributed by atoms with E-state index in [1.807, 2.05) is 0 Å². The van der Waals surface area contributed by atoms with E-state index >= 15 is 0 Å². The molecule has 0 aliphatic rings. The van der Waals surface area contributed by atoms with E-state index < -0.39 is 36.9 Å². The molecule has 0 spiro atoms. The first-order valence-electron chi connectivity index (χ1n) is 32.9. The summed E-state index contributed by atoms with van der Waals surface area (Å²) in [6, 6.07) is -0.981. The van der Waals surface area contributed by atoms with Crippen LogP contribution < -0.4 is 5.32 Å². The van der Waals surface area contributed by atoms with Crippen molar-refractivity contribution < 1.29 is 25.2 Å². The average molecular weight is 1010 g/mol. The van der Waals surface area contributed by atoms with Gasteiger partial charge in [-0.25, -0.2) is 0 Å². The number of carbonyl (C=O) groups excluding carboxylic acids is 1. The SMILES string of the molecule is CCCCCCCCCCCCCCCCCCCCCCCCCCCCCCCCCCCCCCC(O)C(=O)NC(CO)C(O)C(O)CCCCCCCCCCCCCCCCCCCCC. The number of hydrogen-bond acceptors (Lipinski definition) is 5. The Morgan fingerprint density at radius 2 is 0.479 bits per heavy atom. The monoisotopic (exact) mass is 1010 g/mol. The molecule has 0 aliphatic heterocycles. The van der Waals surface area contributed by atoms with Crippen LogP contribution in [0.1, 0.15) is 380 Å². The molecule has 5 N–H and O–H groups in total. The number of aliphatic hydroxyl groups is 4. The van der Waals surface area contributed by atoms with Gasteiger partial charge in [-0.3, -0.25) is 4.79 Å². The quantitative estimate of drug-likeness (QED) is 0.0390.